The lowest BCUT2D eigenvalue weighted by Gasteiger charge is -2.41. The van der Waals surface area contributed by atoms with Crippen LogP contribution in [-0.4, -0.2) is 53.5 Å². The first-order valence-corrected chi connectivity index (χ1v) is 8.64. The quantitative estimate of drug-likeness (QED) is 0.835. The van der Waals surface area contributed by atoms with E-state index in [1.54, 1.807) is 11.3 Å². The van der Waals surface area contributed by atoms with Gasteiger partial charge in [0.25, 0.3) is 0 Å². The van der Waals surface area contributed by atoms with Crippen molar-refractivity contribution in [1.29, 1.82) is 0 Å². The molecule has 1 aliphatic rings. The third kappa shape index (κ3) is 4.55. The SMILES string of the molecule is CC(C)(CNCc1cn[nH]c1-c1cccs1)N1CCOCC1.Cl. The third-order valence-electron chi connectivity index (χ3n) is 4.23. The van der Waals surface area contributed by atoms with Crippen molar-refractivity contribution >= 4 is 23.7 Å². The molecule has 5 nitrogen and oxygen atoms in total. The molecule has 23 heavy (non-hydrogen) atoms. The van der Waals surface area contributed by atoms with Crippen LogP contribution in [-0.2, 0) is 11.3 Å². The van der Waals surface area contributed by atoms with E-state index in [1.807, 2.05) is 6.20 Å². The molecule has 0 saturated carbocycles. The Morgan fingerprint density at radius 1 is 1.39 bits per heavy atom. The Morgan fingerprint density at radius 2 is 2.17 bits per heavy atom. The Bertz CT molecular complexity index is 579. The molecule has 128 valence electrons. The first-order valence-electron chi connectivity index (χ1n) is 7.76. The van der Waals surface area contributed by atoms with Gasteiger partial charge in [-0.05, 0) is 25.3 Å². The Labute approximate surface area is 147 Å². The van der Waals surface area contributed by atoms with Crippen LogP contribution in [0.3, 0.4) is 0 Å². The van der Waals surface area contributed by atoms with Gasteiger partial charge in [0.2, 0.25) is 0 Å². The minimum atomic E-state index is 0. The molecule has 0 aliphatic carbocycles. The van der Waals surface area contributed by atoms with E-state index >= 15 is 0 Å². The van der Waals surface area contributed by atoms with Gasteiger partial charge in [-0.2, -0.15) is 5.10 Å². The van der Waals surface area contributed by atoms with E-state index in [2.05, 4.69) is 51.8 Å². The second-order valence-corrected chi connectivity index (χ2v) is 7.21. The molecule has 0 bridgehead atoms. The topological polar surface area (TPSA) is 53.2 Å². The Morgan fingerprint density at radius 3 is 2.87 bits per heavy atom. The molecule has 0 atom stereocenters. The van der Waals surface area contributed by atoms with Crippen molar-refractivity contribution in [2.24, 2.45) is 0 Å². The Hall–Kier alpha value is -0.920. The molecular weight excluding hydrogens is 332 g/mol. The number of nitrogens with one attached hydrogen (secondary N) is 2. The van der Waals surface area contributed by atoms with E-state index in [4.69, 9.17) is 4.74 Å². The predicted octanol–water partition coefficient (Wildman–Crippen LogP) is 2.76. The summed E-state index contributed by atoms with van der Waals surface area (Å²) in [5.74, 6) is 0. The number of aromatic nitrogens is 2. The van der Waals surface area contributed by atoms with E-state index < -0.39 is 0 Å². The normalized spacial score (nSPS) is 16.3. The molecule has 0 aromatic carbocycles. The minimum Gasteiger partial charge on any atom is -0.379 e. The fourth-order valence-electron chi connectivity index (χ4n) is 2.86. The summed E-state index contributed by atoms with van der Waals surface area (Å²) in [6.45, 7) is 10.1. The average Bonchev–Trinajstić information content (AvgIpc) is 3.18. The standard InChI is InChI=1S/C16H24N4OS.ClH/c1-16(2,20-5-7-21-8-6-20)12-17-10-13-11-18-19-15(13)14-4-3-9-22-14;/h3-4,9,11,17H,5-8,10,12H2,1-2H3,(H,18,19);1H. The fraction of sp³-hybridized carbons (Fsp3) is 0.562. The molecule has 1 saturated heterocycles. The molecule has 3 rings (SSSR count). The van der Waals surface area contributed by atoms with Crippen molar-refractivity contribution in [2.45, 2.75) is 25.9 Å². The van der Waals surface area contributed by atoms with Crippen LogP contribution in [0, 0.1) is 0 Å². The van der Waals surface area contributed by atoms with E-state index in [0.717, 1.165) is 45.1 Å². The number of H-pyrrole nitrogens is 1. The molecule has 2 N–H and O–H groups in total. The second kappa shape index (κ2) is 8.26. The number of aromatic amines is 1. The van der Waals surface area contributed by atoms with Crippen LogP contribution in [0.25, 0.3) is 10.6 Å². The molecule has 1 fully saturated rings. The lowest BCUT2D eigenvalue weighted by Crippen LogP contribution is -2.54. The van der Waals surface area contributed by atoms with Crippen molar-refractivity contribution in [3.05, 3.63) is 29.3 Å². The number of hydrogen-bond acceptors (Lipinski definition) is 5. The third-order valence-corrected chi connectivity index (χ3v) is 5.11. The summed E-state index contributed by atoms with van der Waals surface area (Å²) in [6, 6.07) is 4.19. The number of ether oxygens (including phenoxy) is 1. The smallest absolute Gasteiger partial charge is 0.0794 e. The van der Waals surface area contributed by atoms with Crippen LogP contribution in [0.2, 0.25) is 0 Å². The van der Waals surface area contributed by atoms with E-state index in [1.165, 1.54) is 10.4 Å². The number of halogens is 1. The molecule has 7 heteroatoms. The lowest BCUT2D eigenvalue weighted by molar-refractivity contribution is -0.00966. The van der Waals surface area contributed by atoms with Crippen LogP contribution in [0.4, 0.5) is 0 Å². The average molecular weight is 357 g/mol. The monoisotopic (exact) mass is 356 g/mol. The summed E-state index contributed by atoms with van der Waals surface area (Å²) in [7, 11) is 0. The van der Waals surface area contributed by atoms with Gasteiger partial charge in [0, 0.05) is 37.3 Å². The molecular formula is C16H25ClN4OS. The number of morpholine rings is 1. The number of rotatable bonds is 6. The highest BCUT2D eigenvalue weighted by molar-refractivity contribution is 7.13. The first-order chi connectivity index (χ1) is 10.7. The number of hydrogen-bond donors (Lipinski definition) is 2. The van der Waals surface area contributed by atoms with Crippen molar-refractivity contribution in [2.75, 3.05) is 32.8 Å². The van der Waals surface area contributed by atoms with Gasteiger partial charge in [-0.3, -0.25) is 10.00 Å². The summed E-state index contributed by atoms with van der Waals surface area (Å²) >= 11 is 1.74. The highest BCUT2D eigenvalue weighted by Crippen LogP contribution is 2.25. The summed E-state index contributed by atoms with van der Waals surface area (Å²) < 4.78 is 5.44. The molecule has 3 heterocycles. The van der Waals surface area contributed by atoms with Crippen molar-refractivity contribution in [3.63, 3.8) is 0 Å². The van der Waals surface area contributed by atoms with Crippen molar-refractivity contribution in [3.8, 4) is 10.6 Å². The van der Waals surface area contributed by atoms with Crippen LogP contribution in [0.5, 0.6) is 0 Å². The van der Waals surface area contributed by atoms with Gasteiger partial charge in [-0.1, -0.05) is 6.07 Å². The van der Waals surface area contributed by atoms with Crippen LogP contribution in [0.1, 0.15) is 19.4 Å². The van der Waals surface area contributed by atoms with Gasteiger partial charge in [-0.15, -0.1) is 23.7 Å². The van der Waals surface area contributed by atoms with Gasteiger partial charge < -0.3 is 10.1 Å². The molecule has 2 aromatic rings. The summed E-state index contributed by atoms with van der Waals surface area (Å²) in [4.78, 5) is 3.74. The van der Waals surface area contributed by atoms with Gasteiger partial charge >= 0.3 is 0 Å². The van der Waals surface area contributed by atoms with Gasteiger partial charge in [0.05, 0.1) is 30.0 Å². The van der Waals surface area contributed by atoms with Gasteiger partial charge in [0.15, 0.2) is 0 Å². The highest BCUT2D eigenvalue weighted by Gasteiger charge is 2.27. The van der Waals surface area contributed by atoms with Gasteiger partial charge in [0.1, 0.15) is 0 Å². The van der Waals surface area contributed by atoms with E-state index in [0.29, 0.717) is 0 Å². The van der Waals surface area contributed by atoms with E-state index in [9.17, 15) is 0 Å². The number of nitrogens with zero attached hydrogens (tertiary/aromatic N) is 2. The van der Waals surface area contributed by atoms with Crippen molar-refractivity contribution in [1.82, 2.24) is 20.4 Å². The molecule has 0 amide bonds. The second-order valence-electron chi connectivity index (χ2n) is 6.26. The number of thiophene rings is 1. The zero-order valence-corrected chi connectivity index (χ0v) is 15.3. The Balaban J connectivity index is 0.00000192. The Kier molecular flexibility index (Phi) is 6.61. The maximum absolute atomic E-state index is 5.44. The molecule has 1 aliphatic heterocycles. The molecule has 0 unspecified atom stereocenters. The fourth-order valence-corrected chi connectivity index (χ4v) is 3.62. The largest absolute Gasteiger partial charge is 0.379 e. The minimum absolute atomic E-state index is 0. The van der Waals surface area contributed by atoms with Gasteiger partial charge in [-0.25, -0.2) is 0 Å². The predicted molar refractivity (Wildman–Crippen MR) is 97.3 cm³/mol. The lowest BCUT2D eigenvalue weighted by atomic mass is 10.0. The van der Waals surface area contributed by atoms with Crippen molar-refractivity contribution < 1.29 is 4.74 Å². The zero-order chi connectivity index (χ0) is 15.4. The summed E-state index contributed by atoms with van der Waals surface area (Å²) in [5.41, 5.74) is 2.49. The van der Waals surface area contributed by atoms with Crippen LogP contribution < -0.4 is 5.32 Å². The first kappa shape index (κ1) is 18.4. The van der Waals surface area contributed by atoms with Crippen LogP contribution in [0.15, 0.2) is 23.7 Å². The highest BCUT2D eigenvalue weighted by atomic mass is 35.5. The maximum atomic E-state index is 5.44. The zero-order valence-electron chi connectivity index (χ0n) is 13.7. The summed E-state index contributed by atoms with van der Waals surface area (Å²) in [6.07, 6.45) is 1.92. The maximum Gasteiger partial charge on any atom is 0.0794 e. The van der Waals surface area contributed by atoms with Crippen LogP contribution >= 0.6 is 23.7 Å². The summed E-state index contributed by atoms with van der Waals surface area (Å²) in [5, 5.41) is 13.0. The molecule has 0 radical (unpaired) electrons. The van der Waals surface area contributed by atoms with E-state index in [-0.39, 0.29) is 17.9 Å². The molecule has 2 aromatic heterocycles. The molecule has 0 spiro atoms.